The summed E-state index contributed by atoms with van der Waals surface area (Å²) in [7, 11) is -0.334. The van der Waals surface area contributed by atoms with E-state index >= 15 is 0 Å². The number of ether oxygens (including phenoxy) is 1. The van der Waals surface area contributed by atoms with Crippen molar-refractivity contribution in [1.82, 2.24) is 18.4 Å². The van der Waals surface area contributed by atoms with Gasteiger partial charge in [0.1, 0.15) is 5.75 Å². The molecule has 1 aromatic carbocycles. The Morgan fingerprint density at radius 3 is 2.63 bits per heavy atom. The van der Waals surface area contributed by atoms with Crippen molar-refractivity contribution >= 4 is 21.8 Å². The van der Waals surface area contributed by atoms with E-state index in [4.69, 9.17) is 4.74 Å². The Morgan fingerprint density at radius 1 is 1.17 bits per heavy atom. The third-order valence-electron chi connectivity index (χ3n) is 5.65. The Hall–Kier alpha value is -2.43. The first kappa shape index (κ1) is 20.8. The van der Waals surface area contributed by atoms with E-state index in [0.717, 1.165) is 24.8 Å². The lowest BCUT2D eigenvalue weighted by molar-refractivity contribution is -0.118. The summed E-state index contributed by atoms with van der Waals surface area (Å²) in [6, 6.07) is 7.13. The molecule has 4 rings (SSSR count). The fraction of sp³-hybridized carbons (Fsp3) is 0.500. The molecule has 0 saturated carbocycles. The Labute approximate surface area is 176 Å². The second-order valence-corrected chi connectivity index (χ2v) is 9.64. The number of nitrogens with zero attached hydrogens (tertiary/aromatic N) is 4. The molecule has 2 aliphatic rings. The van der Waals surface area contributed by atoms with Crippen LogP contribution in [-0.2, 0) is 28.6 Å². The standard InChI is InChI=1S/C20H27N5O4S/c1-23-12-15-13-25(30(27,28)24-10-6-3-7-11-24)14-16(19(15)22-23)20(26)21-17-8-4-5-9-18(17)29-2/h4-5,8-9,12,16H,3,6-7,10-11,13-14H2,1-2H3,(H,21,26)/t16-/m1/s1. The number of nitrogens with one attached hydrogen (secondary N) is 1. The molecule has 0 radical (unpaired) electrons. The lowest BCUT2D eigenvalue weighted by atomic mass is 9.97. The molecule has 30 heavy (non-hydrogen) atoms. The molecule has 1 fully saturated rings. The number of aryl methyl sites for hydroxylation is 1. The second-order valence-electron chi connectivity index (χ2n) is 7.72. The van der Waals surface area contributed by atoms with Gasteiger partial charge in [-0.2, -0.15) is 22.1 Å². The number of amides is 1. The number of carbonyl (C=O) groups is 1. The van der Waals surface area contributed by atoms with Crippen LogP contribution in [0.1, 0.15) is 36.4 Å². The first-order valence-electron chi connectivity index (χ1n) is 10.1. The molecule has 9 nitrogen and oxygen atoms in total. The van der Waals surface area contributed by atoms with Crippen molar-refractivity contribution in [2.24, 2.45) is 7.05 Å². The summed E-state index contributed by atoms with van der Waals surface area (Å²) in [5, 5.41) is 7.34. The van der Waals surface area contributed by atoms with E-state index < -0.39 is 16.1 Å². The minimum Gasteiger partial charge on any atom is -0.495 e. The molecule has 0 bridgehead atoms. The van der Waals surface area contributed by atoms with Crippen LogP contribution < -0.4 is 10.1 Å². The smallest absolute Gasteiger partial charge is 0.282 e. The van der Waals surface area contributed by atoms with Gasteiger partial charge in [-0.05, 0) is 25.0 Å². The molecule has 2 aromatic rings. The van der Waals surface area contributed by atoms with E-state index in [1.807, 2.05) is 6.07 Å². The maximum atomic E-state index is 13.3. The first-order valence-corrected chi connectivity index (χ1v) is 11.5. The molecular weight excluding hydrogens is 406 g/mol. The van der Waals surface area contributed by atoms with E-state index in [1.54, 1.807) is 36.1 Å². The van der Waals surface area contributed by atoms with Crippen LogP contribution in [0.5, 0.6) is 5.75 Å². The molecule has 1 saturated heterocycles. The molecule has 3 heterocycles. The number of aromatic nitrogens is 2. The number of hydrogen-bond donors (Lipinski definition) is 1. The van der Waals surface area contributed by atoms with Crippen molar-refractivity contribution in [2.45, 2.75) is 31.7 Å². The summed E-state index contributed by atoms with van der Waals surface area (Å²) in [4.78, 5) is 13.2. The van der Waals surface area contributed by atoms with Gasteiger partial charge in [-0.15, -0.1) is 0 Å². The number of anilines is 1. The summed E-state index contributed by atoms with van der Waals surface area (Å²) in [6.45, 7) is 1.33. The molecule has 1 amide bonds. The highest BCUT2D eigenvalue weighted by molar-refractivity contribution is 7.86. The van der Waals surface area contributed by atoms with Crippen LogP contribution >= 0.6 is 0 Å². The molecule has 0 spiro atoms. The summed E-state index contributed by atoms with van der Waals surface area (Å²) < 4.78 is 36.4. The molecule has 0 unspecified atom stereocenters. The van der Waals surface area contributed by atoms with E-state index in [9.17, 15) is 13.2 Å². The second kappa shape index (κ2) is 8.37. The van der Waals surface area contributed by atoms with Gasteiger partial charge >= 0.3 is 0 Å². The highest BCUT2D eigenvalue weighted by Gasteiger charge is 2.40. The van der Waals surface area contributed by atoms with E-state index in [1.165, 1.54) is 15.7 Å². The minimum absolute atomic E-state index is 0.0594. The fourth-order valence-electron chi connectivity index (χ4n) is 4.12. The number of fused-ring (bicyclic) bond motifs is 1. The van der Waals surface area contributed by atoms with Crippen LogP contribution in [0.15, 0.2) is 30.5 Å². The quantitative estimate of drug-likeness (QED) is 0.774. The highest BCUT2D eigenvalue weighted by atomic mass is 32.2. The van der Waals surface area contributed by atoms with Crippen LogP contribution in [0, 0.1) is 0 Å². The normalized spacial score (nSPS) is 20.5. The maximum Gasteiger partial charge on any atom is 0.282 e. The highest BCUT2D eigenvalue weighted by Crippen LogP contribution is 2.32. The van der Waals surface area contributed by atoms with Gasteiger partial charge in [0.15, 0.2) is 0 Å². The van der Waals surface area contributed by atoms with Gasteiger partial charge in [0.05, 0.1) is 24.4 Å². The minimum atomic E-state index is -3.65. The van der Waals surface area contributed by atoms with Gasteiger partial charge in [-0.3, -0.25) is 9.48 Å². The van der Waals surface area contributed by atoms with Crippen molar-refractivity contribution in [2.75, 3.05) is 32.1 Å². The van der Waals surface area contributed by atoms with Crippen molar-refractivity contribution in [3.63, 3.8) is 0 Å². The number of rotatable bonds is 5. The lowest BCUT2D eigenvalue weighted by Crippen LogP contribution is -2.49. The average molecular weight is 434 g/mol. The van der Waals surface area contributed by atoms with Crippen molar-refractivity contribution in [3.05, 3.63) is 41.7 Å². The van der Waals surface area contributed by atoms with Crippen LogP contribution in [-0.4, -0.2) is 59.5 Å². The summed E-state index contributed by atoms with van der Waals surface area (Å²) in [6.07, 6.45) is 4.56. The van der Waals surface area contributed by atoms with Gasteiger partial charge in [0.25, 0.3) is 10.2 Å². The van der Waals surface area contributed by atoms with E-state index in [0.29, 0.717) is 30.2 Å². The molecule has 1 N–H and O–H groups in total. The van der Waals surface area contributed by atoms with Gasteiger partial charge in [0.2, 0.25) is 5.91 Å². The molecule has 10 heteroatoms. The van der Waals surface area contributed by atoms with E-state index in [-0.39, 0.29) is 19.0 Å². The van der Waals surface area contributed by atoms with Crippen LogP contribution in [0.2, 0.25) is 0 Å². The Bertz CT molecular complexity index is 1030. The fourth-order valence-corrected chi connectivity index (χ4v) is 5.81. The van der Waals surface area contributed by atoms with Crippen LogP contribution in [0.25, 0.3) is 0 Å². The molecule has 0 aliphatic carbocycles. The number of para-hydroxylation sites is 2. The molecule has 2 aliphatic heterocycles. The zero-order valence-corrected chi connectivity index (χ0v) is 18.1. The summed E-state index contributed by atoms with van der Waals surface area (Å²) in [5.41, 5.74) is 1.91. The van der Waals surface area contributed by atoms with Crippen molar-refractivity contribution < 1.29 is 17.9 Å². The summed E-state index contributed by atoms with van der Waals surface area (Å²) >= 11 is 0. The molecule has 1 atom stereocenters. The maximum absolute atomic E-state index is 13.3. The van der Waals surface area contributed by atoms with Crippen LogP contribution in [0.4, 0.5) is 5.69 Å². The molecule has 1 aromatic heterocycles. The van der Waals surface area contributed by atoms with Gasteiger partial charge in [-0.25, -0.2) is 0 Å². The predicted octanol–water partition coefficient (Wildman–Crippen LogP) is 1.70. The Balaban J connectivity index is 1.62. The zero-order valence-electron chi connectivity index (χ0n) is 17.2. The predicted molar refractivity (Wildman–Crippen MR) is 112 cm³/mol. The number of piperidine rings is 1. The number of hydrogen-bond acceptors (Lipinski definition) is 5. The third-order valence-corrected chi connectivity index (χ3v) is 7.60. The monoisotopic (exact) mass is 433 g/mol. The molecule has 162 valence electrons. The van der Waals surface area contributed by atoms with Crippen molar-refractivity contribution in [3.8, 4) is 5.75 Å². The molecular formula is C20H27N5O4S. The average Bonchev–Trinajstić information content (AvgIpc) is 3.14. The lowest BCUT2D eigenvalue weighted by Gasteiger charge is -2.35. The van der Waals surface area contributed by atoms with Crippen molar-refractivity contribution in [1.29, 1.82) is 0 Å². The SMILES string of the molecule is COc1ccccc1NC(=O)[C@@H]1CN(S(=O)(=O)N2CCCCC2)Cc2cn(C)nc21. The van der Waals surface area contributed by atoms with Crippen LogP contribution in [0.3, 0.4) is 0 Å². The Kier molecular flexibility index (Phi) is 5.81. The largest absolute Gasteiger partial charge is 0.495 e. The van der Waals surface area contributed by atoms with Gasteiger partial charge in [0, 0.05) is 45.0 Å². The topological polar surface area (TPSA) is 96.8 Å². The van der Waals surface area contributed by atoms with Gasteiger partial charge in [-0.1, -0.05) is 18.6 Å². The van der Waals surface area contributed by atoms with E-state index in [2.05, 4.69) is 10.4 Å². The number of benzene rings is 1. The zero-order chi connectivity index (χ0) is 21.3. The summed E-state index contributed by atoms with van der Waals surface area (Å²) in [5.74, 6) is -0.474. The third kappa shape index (κ3) is 3.94. The first-order chi connectivity index (χ1) is 14.4. The van der Waals surface area contributed by atoms with Gasteiger partial charge < -0.3 is 10.1 Å². The number of carbonyl (C=O) groups excluding carboxylic acids is 1. The number of methoxy groups -OCH3 is 1. The Morgan fingerprint density at radius 2 is 1.90 bits per heavy atom.